The van der Waals surface area contributed by atoms with Crippen LogP contribution in [0.4, 0.5) is 0 Å². The number of rotatable bonds is 2. The molecule has 4 bridgehead atoms. The molecule has 0 radical (unpaired) electrons. The number of ketones is 1. The average molecular weight is 622 g/mol. The number of phenolic OH excluding ortho intramolecular Hbond substituents is 1. The molecule has 6 atom stereocenters. The first-order chi connectivity index (χ1) is 21.1. The Labute approximate surface area is 257 Å². The van der Waals surface area contributed by atoms with Crippen molar-refractivity contribution in [2.45, 2.75) is 62.7 Å². The lowest BCUT2D eigenvalue weighted by Gasteiger charge is -2.61. The first-order valence-corrected chi connectivity index (χ1v) is 15.4. The topological polar surface area (TPSA) is 148 Å². The lowest BCUT2D eigenvalue weighted by atomic mass is 9.71. The Morgan fingerprint density at radius 1 is 1.14 bits per heavy atom. The van der Waals surface area contributed by atoms with Crippen molar-refractivity contribution >= 4 is 29.5 Å². The number of ether oxygens (including phenoxy) is 5. The molecule has 5 aliphatic rings. The van der Waals surface area contributed by atoms with E-state index in [-0.39, 0.29) is 30.9 Å². The molecule has 44 heavy (non-hydrogen) atoms. The molecule has 5 aliphatic heterocycles. The highest BCUT2D eigenvalue weighted by Crippen LogP contribution is 2.63. The summed E-state index contributed by atoms with van der Waals surface area (Å²) in [6.07, 6.45) is 0.488. The summed E-state index contributed by atoms with van der Waals surface area (Å²) in [5, 5.41) is 21.9. The van der Waals surface area contributed by atoms with Crippen LogP contribution >= 0.6 is 11.8 Å². The van der Waals surface area contributed by atoms with Gasteiger partial charge in [0.1, 0.15) is 18.4 Å². The molecule has 0 aromatic heterocycles. The number of hydrogen-bond donors (Lipinski definition) is 1. The van der Waals surface area contributed by atoms with Crippen LogP contribution in [-0.4, -0.2) is 84.1 Å². The van der Waals surface area contributed by atoms with Gasteiger partial charge in [-0.25, -0.2) is 4.79 Å². The van der Waals surface area contributed by atoms with Gasteiger partial charge in [-0.05, 0) is 38.4 Å². The molecule has 7 rings (SSSR count). The number of benzene rings is 2. The maximum atomic E-state index is 12.9. The Kier molecular flexibility index (Phi) is 6.73. The molecule has 2 saturated heterocycles. The van der Waals surface area contributed by atoms with Crippen LogP contribution < -0.4 is 18.9 Å². The summed E-state index contributed by atoms with van der Waals surface area (Å²) >= 11 is 1.22. The molecular weight excluding hydrogens is 590 g/mol. The summed E-state index contributed by atoms with van der Waals surface area (Å²) in [5.74, 6) is -0.855. The second kappa shape index (κ2) is 10.3. The molecule has 0 amide bonds. The number of phenols is 1. The largest absolute Gasteiger partial charge is 0.504 e. The fraction of sp³-hybridized carbons (Fsp3) is 0.484. The van der Waals surface area contributed by atoms with E-state index in [2.05, 4.69) is 15.9 Å². The molecule has 0 aliphatic carbocycles. The SMILES string of the molecule is COc1c(C)cc2c(c1O)C1[C@@H]3[C@@H]4SCC(=O)C(=O)OC[C@@H](c5c6c(c(C)c(OC(C)=O)c54)OCO6)N3[C@@H](C#N)C(C2)N1C. The third kappa shape index (κ3) is 3.87. The standard InChI is InChI=1S/C31H31N3O9S/c1-12-6-15-7-16-17(8-32)34-18-9-40-31(38)19(36)10-44-30(24(34)23(33(16)4)20(15)25(37)26(12)39-5)22-21(18)29-28(41-11-42-29)13(2)27(22)43-14(3)35/h6,16-18,23-24,30,37H,7,9-11H2,1-5H3/t16?,17-,18-,23?,24+,30+/m0/s1. The number of likely N-dealkylation sites (N-methyl/N-ethyl adjacent to an activating group) is 1. The fourth-order valence-corrected chi connectivity index (χ4v) is 9.23. The average Bonchev–Trinajstić information content (AvgIpc) is 3.47. The van der Waals surface area contributed by atoms with E-state index in [1.807, 2.05) is 20.0 Å². The number of piperazine rings is 1. The highest BCUT2D eigenvalue weighted by atomic mass is 32.2. The zero-order chi connectivity index (χ0) is 31.2. The van der Waals surface area contributed by atoms with Gasteiger partial charge in [0.05, 0.1) is 36.3 Å². The first-order valence-electron chi connectivity index (χ1n) is 14.3. The molecule has 1 N–H and O–H groups in total. The minimum atomic E-state index is -0.949. The van der Waals surface area contributed by atoms with Crippen LogP contribution in [0.15, 0.2) is 6.07 Å². The predicted octanol–water partition coefficient (Wildman–Crippen LogP) is 2.80. The van der Waals surface area contributed by atoms with E-state index in [4.69, 9.17) is 23.7 Å². The Morgan fingerprint density at radius 3 is 2.59 bits per heavy atom. The van der Waals surface area contributed by atoms with Gasteiger partial charge in [0.2, 0.25) is 12.6 Å². The number of cyclic esters (lactones) is 1. The molecule has 2 fully saturated rings. The Bertz CT molecular complexity index is 1690. The van der Waals surface area contributed by atoms with Gasteiger partial charge in [-0.3, -0.25) is 19.4 Å². The number of aryl methyl sites for hydroxylation is 1. The van der Waals surface area contributed by atoms with Crippen molar-refractivity contribution in [1.82, 2.24) is 9.80 Å². The minimum Gasteiger partial charge on any atom is -0.504 e. The van der Waals surface area contributed by atoms with E-state index in [1.54, 1.807) is 6.92 Å². The van der Waals surface area contributed by atoms with Gasteiger partial charge in [-0.1, -0.05) is 6.07 Å². The summed E-state index contributed by atoms with van der Waals surface area (Å²) in [6, 6.07) is 1.81. The van der Waals surface area contributed by atoms with Crippen molar-refractivity contribution in [2.24, 2.45) is 0 Å². The number of nitriles is 1. The smallest absolute Gasteiger partial charge is 0.375 e. The molecule has 0 saturated carbocycles. The molecular formula is C31H31N3O9S. The lowest BCUT2D eigenvalue weighted by molar-refractivity contribution is -0.157. The zero-order valence-electron chi connectivity index (χ0n) is 24.8. The number of fused-ring (bicyclic) bond motifs is 9. The number of esters is 2. The third-order valence-electron chi connectivity index (χ3n) is 9.54. The van der Waals surface area contributed by atoms with Crippen molar-refractivity contribution in [3.05, 3.63) is 39.4 Å². The molecule has 2 aromatic carbocycles. The summed E-state index contributed by atoms with van der Waals surface area (Å²) < 4.78 is 29.0. The summed E-state index contributed by atoms with van der Waals surface area (Å²) in [5.41, 5.74) is 4.16. The van der Waals surface area contributed by atoms with E-state index >= 15 is 0 Å². The molecule has 5 heterocycles. The first kappa shape index (κ1) is 28.8. The van der Waals surface area contributed by atoms with Gasteiger partial charge in [0.25, 0.3) is 0 Å². The van der Waals surface area contributed by atoms with Gasteiger partial charge in [-0.15, -0.1) is 11.8 Å². The summed E-state index contributed by atoms with van der Waals surface area (Å²) in [7, 11) is 3.45. The normalized spacial score (nSPS) is 28.7. The Morgan fingerprint density at radius 2 is 1.89 bits per heavy atom. The molecule has 2 aromatic rings. The molecule has 12 nitrogen and oxygen atoms in total. The number of methoxy groups -OCH3 is 1. The van der Waals surface area contributed by atoms with Crippen LogP contribution in [0, 0.1) is 25.2 Å². The number of Topliss-reactive ketones (excluding diaryl/α,β-unsaturated/α-hetero) is 1. The van der Waals surface area contributed by atoms with Crippen LogP contribution in [0.1, 0.15) is 57.6 Å². The van der Waals surface area contributed by atoms with E-state index in [0.29, 0.717) is 51.7 Å². The van der Waals surface area contributed by atoms with Crippen LogP contribution in [0.25, 0.3) is 0 Å². The van der Waals surface area contributed by atoms with Crippen molar-refractivity contribution in [3.8, 4) is 34.8 Å². The van der Waals surface area contributed by atoms with E-state index in [9.17, 15) is 24.8 Å². The number of thioether (sulfide) groups is 1. The number of carbonyl (C=O) groups excluding carboxylic acids is 3. The number of hydrogen-bond acceptors (Lipinski definition) is 13. The van der Waals surface area contributed by atoms with E-state index in [1.165, 1.54) is 25.8 Å². The maximum Gasteiger partial charge on any atom is 0.375 e. The Balaban J connectivity index is 1.57. The van der Waals surface area contributed by atoms with E-state index in [0.717, 1.165) is 11.1 Å². The van der Waals surface area contributed by atoms with Crippen LogP contribution in [0.5, 0.6) is 28.7 Å². The maximum absolute atomic E-state index is 12.9. The number of aromatic hydroxyl groups is 1. The zero-order valence-corrected chi connectivity index (χ0v) is 25.6. The van der Waals surface area contributed by atoms with Gasteiger partial charge in [0.15, 0.2) is 23.0 Å². The molecule has 2 unspecified atom stereocenters. The second-order valence-electron chi connectivity index (χ2n) is 11.8. The summed E-state index contributed by atoms with van der Waals surface area (Å²) in [6.45, 7) is 4.65. The fourth-order valence-electron chi connectivity index (χ4n) is 7.90. The highest BCUT2D eigenvalue weighted by Gasteiger charge is 2.60. The lowest BCUT2D eigenvalue weighted by Crippen LogP contribution is -2.69. The van der Waals surface area contributed by atoms with Crippen molar-refractivity contribution in [3.63, 3.8) is 0 Å². The van der Waals surface area contributed by atoms with Crippen molar-refractivity contribution in [2.75, 3.05) is 33.3 Å². The minimum absolute atomic E-state index is 0.0240. The number of nitrogens with zero attached hydrogens (tertiary/aromatic N) is 3. The predicted molar refractivity (Wildman–Crippen MR) is 155 cm³/mol. The molecule has 230 valence electrons. The third-order valence-corrected chi connectivity index (χ3v) is 10.8. The van der Waals surface area contributed by atoms with Crippen molar-refractivity contribution < 1.29 is 43.2 Å². The van der Waals surface area contributed by atoms with Gasteiger partial charge >= 0.3 is 11.9 Å². The highest BCUT2D eigenvalue weighted by molar-refractivity contribution is 8.00. The quantitative estimate of drug-likeness (QED) is 0.298. The van der Waals surface area contributed by atoms with Crippen LogP contribution in [-0.2, 0) is 25.5 Å². The van der Waals surface area contributed by atoms with E-state index < -0.39 is 47.1 Å². The Hall–Kier alpha value is -3.99. The summed E-state index contributed by atoms with van der Waals surface area (Å²) in [4.78, 5) is 42.3. The van der Waals surface area contributed by atoms with Crippen molar-refractivity contribution in [1.29, 1.82) is 5.26 Å². The molecule has 13 heteroatoms. The van der Waals surface area contributed by atoms with Crippen LogP contribution in [0.3, 0.4) is 0 Å². The van der Waals surface area contributed by atoms with Gasteiger partial charge < -0.3 is 28.8 Å². The monoisotopic (exact) mass is 621 g/mol. The van der Waals surface area contributed by atoms with Crippen LogP contribution in [0.2, 0.25) is 0 Å². The second-order valence-corrected chi connectivity index (χ2v) is 12.9. The molecule has 0 spiro atoms. The van der Waals surface area contributed by atoms with Gasteiger partial charge in [0, 0.05) is 41.3 Å². The van der Waals surface area contributed by atoms with Gasteiger partial charge in [-0.2, -0.15) is 5.26 Å². The number of carbonyl (C=O) groups is 3.